The summed E-state index contributed by atoms with van der Waals surface area (Å²) >= 11 is 0. The predicted molar refractivity (Wildman–Crippen MR) is 100 cm³/mol. The Morgan fingerprint density at radius 2 is 2.11 bits per heavy atom. The van der Waals surface area contributed by atoms with E-state index in [0.29, 0.717) is 23.9 Å². The zero-order chi connectivity index (χ0) is 19.4. The highest BCUT2D eigenvalue weighted by Crippen LogP contribution is 2.19. The Kier molecular flexibility index (Phi) is 5.79. The van der Waals surface area contributed by atoms with Gasteiger partial charge >= 0.3 is 5.97 Å². The molecule has 1 aromatic heterocycles. The third kappa shape index (κ3) is 4.47. The molecule has 1 aliphatic rings. The van der Waals surface area contributed by atoms with Crippen LogP contribution in [-0.2, 0) is 19.4 Å². The number of rotatable bonds is 7. The Morgan fingerprint density at radius 1 is 1.33 bits per heavy atom. The molecular weight excluding hydrogens is 370 g/mol. The van der Waals surface area contributed by atoms with Gasteiger partial charge in [0.05, 0.1) is 17.0 Å². The van der Waals surface area contributed by atoms with Gasteiger partial charge in [-0.25, -0.2) is 13.2 Å². The highest BCUT2D eigenvalue weighted by atomic mass is 32.2. The van der Waals surface area contributed by atoms with E-state index >= 15 is 0 Å². The fourth-order valence-corrected chi connectivity index (χ4v) is 4.99. The molecule has 1 aromatic carbocycles. The van der Waals surface area contributed by atoms with Crippen LogP contribution in [-0.4, -0.2) is 66.1 Å². The standard InChI is InChI=1S/C18H23N3O5S/c1-2-3-9-21(13-8-10-27(24,25)12-13)16(22)11-26-18(23)17-14-6-4-5-7-15(14)19-20-17/h4-7,13H,2-3,8-12H2,1H3,(H,19,20)/t13-/m0/s1. The van der Waals surface area contributed by atoms with E-state index in [9.17, 15) is 18.0 Å². The third-order valence-corrected chi connectivity index (χ3v) is 6.46. The molecule has 0 bridgehead atoms. The number of aromatic nitrogens is 2. The Bertz CT molecular complexity index is 937. The minimum absolute atomic E-state index is 0.0274. The average Bonchev–Trinajstić information content (AvgIpc) is 3.23. The highest BCUT2D eigenvalue weighted by molar-refractivity contribution is 7.91. The minimum Gasteiger partial charge on any atom is -0.451 e. The van der Waals surface area contributed by atoms with Crippen molar-refractivity contribution in [2.24, 2.45) is 0 Å². The maximum Gasteiger partial charge on any atom is 0.359 e. The van der Waals surface area contributed by atoms with Crippen LogP contribution in [0.4, 0.5) is 0 Å². The summed E-state index contributed by atoms with van der Waals surface area (Å²) in [5, 5.41) is 7.33. The van der Waals surface area contributed by atoms with E-state index in [4.69, 9.17) is 4.74 Å². The fourth-order valence-electron chi connectivity index (χ4n) is 3.26. The van der Waals surface area contributed by atoms with Crippen LogP contribution in [0.5, 0.6) is 0 Å². The second-order valence-corrected chi connectivity index (χ2v) is 8.92. The molecule has 0 unspecified atom stereocenters. The number of sulfone groups is 1. The molecule has 1 fully saturated rings. The molecule has 0 radical (unpaired) electrons. The number of benzene rings is 1. The zero-order valence-corrected chi connectivity index (χ0v) is 16.0. The summed E-state index contributed by atoms with van der Waals surface area (Å²) in [6.45, 7) is 2.02. The molecule has 1 aliphatic heterocycles. The molecule has 1 saturated heterocycles. The van der Waals surface area contributed by atoms with Gasteiger partial charge in [0.1, 0.15) is 0 Å². The Morgan fingerprint density at radius 3 is 2.81 bits per heavy atom. The zero-order valence-electron chi connectivity index (χ0n) is 15.2. The summed E-state index contributed by atoms with van der Waals surface area (Å²) in [5.41, 5.74) is 0.832. The normalized spacial score (nSPS) is 18.5. The first-order valence-corrected chi connectivity index (χ1v) is 10.8. The lowest BCUT2D eigenvalue weighted by Gasteiger charge is -2.28. The van der Waals surface area contributed by atoms with E-state index in [1.807, 2.05) is 13.0 Å². The largest absolute Gasteiger partial charge is 0.451 e. The van der Waals surface area contributed by atoms with Crippen LogP contribution in [0.3, 0.4) is 0 Å². The summed E-state index contributed by atoms with van der Waals surface area (Å²) in [5.74, 6) is -0.999. The highest BCUT2D eigenvalue weighted by Gasteiger charge is 2.34. The molecule has 0 saturated carbocycles. The maximum atomic E-state index is 12.6. The Hall–Kier alpha value is -2.42. The number of para-hydroxylation sites is 1. The number of carbonyl (C=O) groups excluding carboxylic acids is 2. The van der Waals surface area contributed by atoms with Crippen LogP contribution in [0.25, 0.3) is 10.9 Å². The SMILES string of the molecule is CCCCN(C(=O)COC(=O)c1n[nH]c2ccccc12)[C@H]1CCS(=O)(=O)C1. The molecule has 8 nitrogen and oxygen atoms in total. The topological polar surface area (TPSA) is 109 Å². The van der Waals surface area contributed by atoms with E-state index in [0.717, 1.165) is 12.8 Å². The Balaban J connectivity index is 1.65. The van der Waals surface area contributed by atoms with Crippen molar-refractivity contribution in [2.45, 2.75) is 32.2 Å². The van der Waals surface area contributed by atoms with Gasteiger partial charge in [-0.1, -0.05) is 31.5 Å². The summed E-state index contributed by atoms with van der Waals surface area (Å²) < 4.78 is 28.7. The van der Waals surface area contributed by atoms with Gasteiger partial charge in [-0.05, 0) is 18.9 Å². The van der Waals surface area contributed by atoms with E-state index in [1.165, 1.54) is 0 Å². The first kappa shape index (κ1) is 19.3. The van der Waals surface area contributed by atoms with Gasteiger partial charge < -0.3 is 9.64 Å². The van der Waals surface area contributed by atoms with Crippen LogP contribution in [0, 0.1) is 0 Å². The van der Waals surface area contributed by atoms with Crippen molar-refractivity contribution in [2.75, 3.05) is 24.7 Å². The van der Waals surface area contributed by atoms with Gasteiger partial charge in [-0.3, -0.25) is 9.89 Å². The minimum atomic E-state index is -3.11. The number of esters is 1. The quantitative estimate of drug-likeness (QED) is 0.715. The number of carbonyl (C=O) groups is 2. The average molecular weight is 393 g/mol. The summed E-state index contributed by atoms with van der Waals surface area (Å²) in [7, 11) is -3.11. The smallest absolute Gasteiger partial charge is 0.359 e. The van der Waals surface area contributed by atoms with Gasteiger partial charge in [-0.2, -0.15) is 5.10 Å². The number of H-pyrrole nitrogens is 1. The van der Waals surface area contributed by atoms with E-state index in [2.05, 4.69) is 10.2 Å². The number of unbranched alkanes of at least 4 members (excludes halogenated alkanes) is 1. The number of fused-ring (bicyclic) bond motifs is 1. The molecule has 27 heavy (non-hydrogen) atoms. The number of nitrogens with zero attached hydrogens (tertiary/aromatic N) is 2. The summed E-state index contributed by atoms with van der Waals surface area (Å²) in [4.78, 5) is 26.5. The van der Waals surface area contributed by atoms with Gasteiger partial charge in [0.2, 0.25) is 0 Å². The van der Waals surface area contributed by atoms with E-state index in [1.54, 1.807) is 23.1 Å². The van der Waals surface area contributed by atoms with Crippen molar-refractivity contribution < 1.29 is 22.7 Å². The monoisotopic (exact) mass is 393 g/mol. The van der Waals surface area contributed by atoms with Crippen molar-refractivity contribution in [3.05, 3.63) is 30.0 Å². The van der Waals surface area contributed by atoms with Crippen LogP contribution >= 0.6 is 0 Å². The maximum absolute atomic E-state index is 12.6. The lowest BCUT2D eigenvalue weighted by molar-refractivity contribution is -0.136. The molecule has 1 atom stereocenters. The number of hydrogen-bond donors (Lipinski definition) is 1. The molecule has 1 amide bonds. The second-order valence-electron chi connectivity index (χ2n) is 6.69. The van der Waals surface area contributed by atoms with Crippen molar-refractivity contribution in [3.8, 4) is 0 Å². The molecule has 2 heterocycles. The van der Waals surface area contributed by atoms with Crippen molar-refractivity contribution in [1.82, 2.24) is 15.1 Å². The van der Waals surface area contributed by atoms with Crippen molar-refractivity contribution in [3.63, 3.8) is 0 Å². The Labute approximate surface area is 157 Å². The van der Waals surface area contributed by atoms with Crippen LogP contribution in [0.1, 0.15) is 36.7 Å². The van der Waals surface area contributed by atoms with Gasteiger partial charge in [0, 0.05) is 18.0 Å². The van der Waals surface area contributed by atoms with Crippen LogP contribution in [0.2, 0.25) is 0 Å². The van der Waals surface area contributed by atoms with E-state index in [-0.39, 0.29) is 29.1 Å². The summed E-state index contributed by atoms with van der Waals surface area (Å²) in [6, 6.07) is 6.79. The van der Waals surface area contributed by atoms with Crippen LogP contribution < -0.4 is 0 Å². The molecule has 146 valence electrons. The lowest BCUT2D eigenvalue weighted by Crippen LogP contribution is -2.43. The van der Waals surface area contributed by atoms with E-state index < -0.39 is 22.4 Å². The number of ether oxygens (including phenoxy) is 1. The third-order valence-electron chi connectivity index (χ3n) is 4.71. The summed E-state index contributed by atoms with van der Waals surface area (Å²) in [6.07, 6.45) is 2.07. The lowest BCUT2D eigenvalue weighted by atomic mass is 10.2. The molecule has 0 aliphatic carbocycles. The molecular formula is C18H23N3O5S. The molecule has 1 N–H and O–H groups in total. The van der Waals surface area contributed by atoms with Gasteiger partial charge in [-0.15, -0.1) is 0 Å². The number of aromatic amines is 1. The molecule has 0 spiro atoms. The fraction of sp³-hybridized carbons (Fsp3) is 0.500. The van der Waals surface area contributed by atoms with Crippen molar-refractivity contribution in [1.29, 1.82) is 0 Å². The number of nitrogens with one attached hydrogen (secondary N) is 1. The van der Waals surface area contributed by atoms with Crippen molar-refractivity contribution >= 4 is 32.6 Å². The van der Waals surface area contributed by atoms with Gasteiger partial charge in [0.25, 0.3) is 5.91 Å². The first-order chi connectivity index (χ1) is 12.9. The first-order valence-electron chi connectivity index (χ1n) is 9.01. The van der Waals surface area contributed by atoms with Gasteiger partial charge in [0.15, 0.2) is 22.1 Å². The molecule has 3 rings (SSSR count). The molecule has 2 aromatic rings. The number of amides is 1. The second kappa shape index (κ2) is 8.08. The predicted octanol–water partition coefficient (Wildman–Crippen LogP) is 1.54. The molecule has 9 heteroatoms. The van der Waals surface area contributed by atoms with Crippen LogP contribution in [0.15, 0.2) is 24.3 Å². The number of hydrogen-bond acceptors (Lipinski definition) is 6.